The number of hydrogen-bond donors (Lipinski definition) is 0. The van der Waals surface area contributed by atoms with E-state index in [-0.39, 0.29) is 0 Å². The van der Waals surface area contributed by atoms with Crippen LogP contribution in [0.15, 0.2) is 37.4 Å². The Morgan fingerprint density at radius 3 is 1.61 bits per heavy atom. The summed E-state index contributed by atoms with van der Waals surface area (Å²) >= 11 is 0. The fraction of sp³-hybridized carbons (Fsp3) is 0.647. The van der Waals surface area contributed by atoms with Gasteiger partial charge in [-0.05, 0) is 33.1 Å². The van der Waals surface area contributed by atoms with E-state index in [4.69, 9.17) is 9.47 Å². The molecule has 2 heterocycles. The predicted molar refractivity (Wildman–Crippen MR) is 86.4 cm³/mol. The summed E-state index contributed by atoms with van der Waals surface area (Å²) in [5, 5.41) is 0. The summed E-state index contributed by atoms with van der Waals surface area (Å²) in [6.45, 7) is 9.12. The van der Waals surface area contributed by atoms with Gasteiger partial charge in [-0.1, -0.05) is 0 Å². The van der Waals surface area contributed by atoms with Crippen molar-refractivity contribution in [3.63, 3.8) is 0 Å². The molecule has 2 aromatic rings. The lowest BCUT2D eigenvalue weighted by molar-refractivity contribution is -0.732. The molecule has 2 rings (SSSR count). The standard InChI is InChI=1S/C17H30N4O2/c1-3-18-8-10-20(14-18)16-22-12-6-5-7-13-23-17-21-11-9-19(4-2)15-21/h8-11,14-15H,3-7,12-13,16-17H2,1-2H3/q+2. The first-order chi connectivity index (χ1) is 11.3. The second-order valence-electron chi connectivity index (χ2n) is 5.65. The van der Waals surface area contributed by atoms with Crippen molar-refractivity contribution in [2.75, 3.05) is 13.2 Å². The van der Waals surface area contributed by atoms with Crippen LogP contribution in [0.4, 0.5) is 0 Å². The molecule has 23 heavy (non-hydrogen) atoms. The highest BCUT2D eigenvalue weighted by Gasteiger charge is 2.02. The van der Waals surface area contributed by atoms with E-state index in [1.165, 1.54) is 0 Å². The predicted octanol–water partition coefficient (Wildman–Crippen LogP) is 1.72. The molecule has 0 fully saturated rings. The van der Waals surface area contributed by atoms with Crippen LogP contribution in [0, 0.1) is 0 Å². The first kappa shape index (κ1) is 17.7. The van der Waals surface area contributed by atoms with Gasteiger partial charge in [-0.25, -0.2) is 18.3 Å². The van der Waals surface area contributed by atoms with Gasteiger partial charge in [0.1, 0.15) is 24.8 Å². The zero-order chi connectivity index (χ0) is 16.3. The van der Waals surface area contributed by atoms with Gasteiger partial charge < -0.3 is 9.47 Å². The molecule has 0 saturated carbocycles. The van der Waals surface area contributed by atoms with Crippen molar-refractivity contribution >= 4 is 0 Å². The highest BCUT2D eigenvalue weighted by molar-refractivity contribution is 4.64. The van der Waals surface area contributed by atoms with Gasteiger partial charge in [-0.3, -0.25) is 0 Å². The molecule has 128 valence electrons. The Morgan fingerprint density at radius 2 is 1.22 bits per heavy atom. The summed E-state index contributed by atoms with van der Waals surface area (Å²) in [5.74, 6) is 0. The van der Waals surface area contributed by atoms with E-state index in [0.29, 0.717) is 13.5 Å². The van der Waals surface area contributed by atoms with Gasteiger partial charge in [0.2, 0.25) is 12.7 Å². The van der Waals surface area contributed by atoms with Crippen LogP contribution in [-0.2, 0) is 36.0 Å². The molecule has 0 bridgehead atoms. The molecular weight excluding hydrogens is 292 g/mol. The number of unbranched alkanes of at least 4 members (excludes halogenated alkanes) is 2. The van der Waals surface area contributed by atoms with Crippen LogP contribution in [-0.4, -0.2) is 22.3 Å². The Bertz CT molecular complexity index is 502. The zero-order valence-electron chi connectivity index (χ0n) is 14.4. The molecule has 0 amide bonds. The van der Waals surface area contributed by atoms with E-state index >= 15 is 0 Å². The molecule has 0 aromatic carbocycles. The number of imidazole rings is 2. The van der Waals surface area contributed by atoms with Crippen LogP contribution in [0.25, 0.3) is 0 Å². The highest BCUT2D eigenvalue weighted by atomic mass is 16.5. The third-order valence-electron chi connectivity index (χ3n) is 3.78. The monoisotopic (exact) mass is 322 g/mol. The van der Waals surface area contributed by atoms with Crippen molar-refractivity contribution in [3.8, 4) is 0 Å². The maximum atomic E-state index is 5.67. The number of aryl methyl sites for hydroxylation is 2. The number of ether oxygens (including phenoxy) is 2. The first-order valence-corrected chi connectivity index (χ1v) is 8.57. The maximum Gasteiger partial charge on any atom is 0.245 e. The van der Waals surface area contributed by atoms with Crippen molar-refractivity contribution in [1.29, 1.82) is 0 Å². The minimum absolute atomic E-state index is 0.633. The van der Waals surface area contributed by atoms with Crippen molar-refractivity contribution in [1.82, 2.24) is 9.13 Å². The smallest absolute Gasteiger partial charge is 0.245 e. The first-order valence-electron chi connectivity index (χ1n) is 8.57. The van der Waals surface area contributed by atoms with E-state index in [2.05, 4.69) is 57.2 Å². The van der Waals surface area contributed by atoms with E-state index in [0.717, 1.165) is 45.6 Å². The molecule has 0 N–H and O–H groups in total. The highest BCUT2D eigenvalue weighted by Crippen LogP contribution is 1.97. The number of rotatable bonds is 12. The van der Waals surface area contributed by atoms with Crippen LogP contribution in [0.2, 0.25) is 0 Å². The van der Waals surface area contributed by atoms with Crippen LogP contribution >= 0.6 is 0 Å². The van der Waals surface area contributed by atoms with E-state index < -0.39 is 0 Å². The van der Waals surface area contributed by atoms with Crippen LogP contribution in [0.3, 0.4) is 0 Å². The topological polar surface area (TPSA) is 36.1 Å². The second-order valence-corrected chi connectivity index (χ2v) is 5.65. The third kappa shape index (κ3) is 6.54. The van der Waals surface area contributed by atoms with Gasteiger partial charge in [0.05, 0.1) is 26.3 Å². The molecule has 6 nitrogen and oxygen atoms in total. The molecule has 2 aromatic heterocycles. The second kappa shape index (κ2) is 10.2. The molecule has 0 atom stereocenters. The van der Waals surface area contributed by atoms with E-state index in [1.807, 2.05) is 12.4 Å². The van der Waals surface area contributed by atoms with Crippen molar-refractivity contribution in [2.45, 2.75) is 59.7 Å². The van der Waals surface area contributed by atoms with Crippen LogP contribution in [0.5, 0.6) is 0 Å². The summed E-state index contributed by atoms with van der Waals surface area (Å²) < 4.78 is 19.7. The van der Waals surface area contributed by atoms with Crippen molar-refractivity contribution in [2.24, 2.45) is 0 Å². The molecule has 0 spiro atoms. The summed E-state index contributed by atoms with van der Waals surface area (Å²) in [4.78, 5) is 0. The van der Waals surface area contributed by atoms with Crippen molar-refractivity contribution < 1.29 is 18.6 Å². The minimum Gasteiger partial charge on any atom is -0.342 e. The Hall–Kier alpha value is -1.66. The van der Waals surface area contributed by atoms with Crippen LogP contribution < -0.4 is 9.13 Å². The molecule has 0 unspecified atom stereocenters. The van der Waals surface area contributed by atoms with Crippen molar-refractivity contribution in [3.05, 3.63) is 37.4 Å². The van der Waals surface area contributed by atoms with Gasteiger partial charge in [0.25, 0.3) is 0 Å². The molecule has 0 radical (unpaired) electrons. The van der Waals surface area contributed by atoms with Gasteiger partial charge >= 0.3 is 0 Å². The lowest BCUT2D eigenvalue weighted by atomic mass is 10.2. The normalized spacial score (nSPS) is 11.2. The molecule has 6 heteroatoms. The summed E-state index contributed by atoms with van der Waals surface area (Å²) in [7, 11) is 0. The maximum absolute atomic E-state index is 5.67. The lowest BCUT2D eigenvalue weighted by Crippen LogP contribution is -2.33. The van der Waals surface area contributed by atoms with Gasteiger partial charge in [-0.2, -0.15) is 0 Å². The van der Waals surface area contributed by atoms with Gasteiger partial charge in [-0.15, -0.1) is 0 Å². The molecule has 0 aliphatic carbocycles. The quantitative estimate of drug-likeness (QED) is 0.441. The summed E-state index contributed by atoms with van der Waals surface area (Å²) in [5.41, 5.74) is 0. The summed E-state index contributed by atoms with van der Waals surface area (Å²) in [6, 6.07) is 0. The fourth-order valence-corrected chi connectivity index (χ4v) is 2.33. The Labute approximate surface area is 138 Å². The molecule has 0 aliphatic heterocycles. The fourth-order valence-electron chi connectivity index (χ4n) is 2.33. The Balaban J connectivity index is 1.42. The Kier molecular flexibility index (Phi) is 7.83. The SMILES string of the molecule is CCn1cc[n+](COCCCCCOC[n+]2ccn(CC)c2)c1. The lowest BCUT2D eigenvalue weighted by Gasteiger charge is -2.03. The number of hydrogen-bond acceptors (Lipinski definition) is 2. The number of aromatic nitrogens is 4. The van der Waals surface area contributed by atoms with Gasteiger partial charge in [0, 0.05) is 0 Å². The average Bonchev–Trinajstić information content (AvgIpc) is 3.22. The van der Waals surface area contributed by atoms with Crippen LogP contribution in [0.1, 0.15) is 33.1 Å². The third-order valence-corrected chi connectivity index (χ3v) is 3.78. The largest absolute Gasteiger partial charge is 0.342 e. The minimum atomic E-state index is 0.633. The summed E-state index contributed by atoms with van der Waals surface area (Å²) in [6.07, 6.45) is 15.6. The molecule has 0 saturated heterocycles. The molecule has 0 aliphatic rings. The van der Waals surface area contributed by atoms with Gasteiger partial charge in [0.15, 0.2) is 13.5 Å². The zero-order valence-corrected chi connectivity index (χ0v) is 14.4. The Morgan fingerprint density at radius 1 is 0.739 bits per heavy atom. The molecular formula is C17H30N4O2+2. The number of nitrogens with zero attached hydrogens (tertiary/aromatic N) is 4. The van der Waals surface area contributed by atoms with E-state index in [1.54, 1.807) is 0 Å². The van der Waals surface area contributed by atoms with E-state index in [9.17, 15) is 0 Å². The average molecular weight is 322 g/mol.